The number of benzene rings is 2. The van der Waals surface area contributed by atoms with E-state index in [-0.39, 0.29) is 0 Å². The molecule has 0 fully saturated rings. The summed E-state index contributed by atoms with van der Waals surface area (Å²) in [6.45, 7) is 4.24. The number of aromatic amines is 1. The maximum atomic E-state index is 6.06. The van der Waals surface area contributed by atoms with Gasteiger partial charge in [-0.2, -0.15) is 0 Å². The van der Waals surface area contributed by atoms with Crippen molar-refractivity contribution in [2.45, 2.75) is 13.8 Å². The van der Waals surface area contributed by atoms with Crippen molar-refractivity contribution < 1.29 is 0 Å². The van der Waals surface area contributed by atoms with E-state index >= 15 is 0 Å². The molecule has 2 heteroatoms. The molecule has 0 saturated heterocycles. The third kappa shape index (κ3) is 1.07. The Morgan fingerprint density at radius 2 is 1.88 bits per heavy atom. The highest BCUT2D eigenvalue weighted by atomic mass is 14.7. The SMILES string of the molecule is Cc1[nH]c2c(ccc3cccc(N)c32)c1C. The van der Waals surface area contributed by atoms with Gasteiger partial charge < -0.3 is 10.7 Å². The molecule has 3 aromatic rings. The number of anilines is 1. The summed E-state index contributed by atoms with van der Waals surface area (Å²) in [6.07, 6.45) is 0. The average molecular weight is 210 g/mol. The Bertz CT molecular complexity index is 693. The fourth-order valence-electron chi connectivity index (χ4n) is 2.33. The van der Waals surface area contributed by atoms with E-state index in [9.17, 15) is 0 Å². The van der Waals surface area contributed by atoms with Gasteiger partial charge in [0.2, 0.25) is 0 Å². The molecule has 1 heterocycles. The summed E-state index contributed by atoms with van der Waals surface area (Å²) in [7, 11) is 0. The van der Waals surface area contributed by atoms with E-state index in [0.29, 0.717) is 0 Å². The van der Waals surface area contributed by atoms with Gasteiger partial charge in [-0.05, 0) is 30.9 Å². The van der Waals surface area contributed by atoms with E-state index in [1.165, 1.54) is 22.0 Å². The van der Waals surface area contributed by atoms with Gasteiger partial charge in [0.15, 0.2) is 0 Å². The van der Waals surface area contributed by atoms with Crippen LogP contribution in [0.15, 0.2) is 30.3 Å². The van der Waals surface area contributed by atoms with Gasteiger partial charge in [-0.25, -0.2) is 0 Å². The van der Waals surface area contributed by atoms with Crippen molar-refractivity contribution in [3.8, 4) is 0 Å². The normalized spacial score (nSPS) is 11.4. The largest absolute Gasteiger partial charge is 0.398 e. The lowest BCUT2D eigenvalue weighted by Gasteiger charge is -2.03. The number of hydrogen-bond donors (Lipinski definition) is 2. The summed E-state index contributed by atoms with van der Waals surface area (Å²) in [4.78, 5) is 3.43. The van der Waals surface area contributed by atoms with E-state index in [0.717, 1.165) is 16.6 Å². The van der Waals surface area contributed by atoms with Crippen molar-refractivity contribution >= 4 is 27.4 Å². The minimum atomic E-state index is 0.837. The Morgan fingerprint density at radius 1 is 1.06 bits per heavy atom. The summed E-state index contributed by atoms with van der Waals surface area (Å²) in [5.41, 5.74) is 10.6. The highest BCUT2D eigenvalue weighted by molar-refractivity contribution is 6.12. The number of aromatic nitrogens is 1. The maximum Gasteiger partial charge on any atom is 0.0559 e. The van der Waals surface area contributed by atoms with Crippen LogP contribution in [0.1, 0.15) is 11.3 Å². The number of nitrogen functional groups attached to an aromatic ring is 1. The third-order valence-corrected chi connectivity index (χ3v) is 3.36. The van der Waals surface area contributed by atoms with Crippen molar-refractivity contribution in [1.29, 1.82) is 0 Å². The van der Waals surface area contributed by atoms with Gasteiger partial charge in [0.25, 0.3) is 0 Å². The molecule has 3 N–H and O–H groups in total. The van der Waals surface area contributed by atoms with Gasteiger partial charge in [-0.1, -0.05) is 24.3 Å². The van der Waals surface area contributed by atoms with Crippen LogP contribution in [0.2, 0.25) is 0 Å². The van der Waals surface area contributed by atoms with E-state index in [2.05, 4.69) is 37.0 Å². The Morgan fingerprint density at radius 3 is 2.69 bits per heavy atom. The van der Waals surface area contributed by atoms with Crippen LogP contribution in [0, 0.1) is 13.8 Å². The minimum Gasteiger partial charge on any atom is -0.398 e. The van der Waals surface area contributed by atoms with Gasteiger partial charge in [-0.3, -0.25) is 0 Å². The van der Waals surface area contributed by atoms with Crippen LogP contribution in [-0.2, 0) is 0 Å². The number of H-pyrrole nitrogens is 1. The van der Waals surface area contributed by atoms with Crippen molar-refractivity contribution in [2.75, 3.05) is 5.73 Å². The fourth-order valence-corrected chi connectivity index (χ4v) is 2.33. The lowest BCUT2D eigenvalue weighted by Crippen LogP contribution is -1.87. The monoisotopic (exact) mass is 210 g/mol. The molecule has 0 bridgehead atoms. The van der Waals surface area contributed by atoms with Crippen LogP contribution >= 0.6 is 0 Å². The quantitative estimate of drug-likeness (QED) is 0.548. The van der Waals surface area contributed by atoms with E-state index < -0.39 is 0 Å². The molecule has 0 unspecified atom stereocenters. The minimum absolute atomic E-state index is 0.837. The Balaban J connectivity index is 2.63. The summed E-state index contributed by atoms with van der Waals surface area (Å²) in [5, 5.41) is 3.59. The van der Waals surface area contributed by atoms with Crippen LogP contribution in [0.25, 0.3) is 21.7 Å². The second kappa shape index (κ2) is 3.01. The summed E-state index contributed by atoms with van der Waals surface area (Å²) in [5.74, 6) is 0. The summed E-state index contributed by atoms with van der Waals surface area (Å²) in [6, 6.07) is 10.3. The van der Waals surface area contributed by atoms with Crippen molar-refractivity contribution in [3.05, 3.63) is 41.6 Å². The van der Waals surface area contributed by atoms with Crippen molar-refractivity contribution in [2.24, 2.45) is 0 Å². The highest BCUT2D eigenvalue weighted by Crippen LogP contribution is 2.31. The van der Waals surface area contributed by atoms with E-state index in [1.54, 1.807) is 0 Å². The first-order valence-corrected chi connectivity index (χ1v) is 5.44. The number of aryl methyl sites for hydroxylation is 2. The third-order valence-electron chi connectivity index (χ3n) is 3.36. The molecule has 0 aliphatic rings. The summed E-state index contributed by atoms with van der Waals surface area (Å²) < 4.78 is 0. The van der Waals surface area contributed by atoms with E-state index in [4.69, 9.17) is 5.73 Å². The predicted molar refractivity (Wildman–Crippen MR) is 69.7 cm³/mol. The molecule has 16 heavy (non-hydrogen) atoms. The number of nitrogens with one attached hydrogen (secondary N) is 1. The zero-order chi connectivity index (χ0) is 11.3. The molecule has 0 aliphatic heterocycles. The number of nitrogens with two attached hydrogens (primary N) is 1. The standard InChI is InChI=1S/C14H14N2/c1-8-9(2)16-14-11(8)7-6-10-4-3-5-12(15)13(10)14/h3-7,16H,15H2,1-2H3. The topological polar surface area (TPSA) is 41.8 Å². The summed E-state index contributed by atoms with van der Waals surface area (Å²) >= 11 is 0. The van der Waals surface area contributed by atoms with E-state index in [1.807, 2.05) is 12.1 Å². The molecule has 0 aliphatic carbocycles. The smallest absolute Gasteiger partial charge is 0.0559 e. The molecule has 0 saturated carbocycles. The molecule has 0 amide bonds. The van der Waals surface area contributed by atoms with Gasteiger partial charge in [0, 0.05) is 22.2 Å². The number of rotatable bonds is 0. The lowest BCUT2D eigenvalue weighted by molar-refractivity contribution is 1.26. The first-order valence-electron chi connectivity index (χ1n) is 5.44. The van der Waals surface area contributed by atoms with Crippen LogP contribution in [-0.4, -0.2) is 4.98 Å². The zero-order valence-corrected chi connectivity index (χ0v) is 9.46. The Hall–Kier alpha value is -1.96. The first kappa shape index (κ1) is 9.28. The van der Waals surface area contributed by atoms with Crippen LogP contribution in [0.5, 0.6) is 0 Å². The van der Waals surface area contributed by atoms with Crippen molar-refractivity contribution in [3.63, 3.8) is 0 Å². The second-order valence-corrected chi connectivity index (χ2v) is 4.31. The average Bonchev–Trinajstić information content (AvgIpc) is 2.55. The molecule has 0 spiro atoms. The molecule has 3 rings (SSSR count). The molecule has 0 atom stereocenters. The van der Waals surface area contributed by atoms with Crippen LogP contribution in [0.3, 0.4) is 0 Å². The van der Waals surface area contributed by atoms with Crippen molar-refractivity contribution in [1.82, 2.24) is 4.98 Å². The predicted octanol–water partition coefficient (Wildman–Crippen LogP) is 3.52. The highest BCUT2D eigenvalue weighted by Gasteiger charge is 2.08. The van der Waals surface area contributed by atoms with Gasteiger partial charge in [-0.15, -0.1) is 0 Å². The van der Waals surface area contributed by atoms with Crippen LogP contribution < -0.4 is 5.73 Å². The van der Waals surface area contributed by atoms with Gasteiger partial charge in [0.1, 0.15) is 0 Å². The molecular weight excluding hydrogens is 196 g/mol. The maximum absolute atomic E-state index is 6.06. The van der Waals surface area contributed by atoms with Gasteiger partial charge >= 0.3 is 0 Å². The zero-order valence-electron chi connectivity index (χ0n) is 9.46. The number of hydrogen-bond acceptors (Lipinski definition) is 1. The molecule has 1 aromatic heterocycles. The first-order chi connectivity index (χ1) is 7.68. The fraction of sp³-hybridized carbons (Fsp3) is 0.143. The molecule has 80 valence electrons. The van der Waals surface area contributed by atoms with Gasteiger partial charge in [0.05, 0.1) is 5.52 Å². The Labute approximate surface area is 94.1 Å². The number of fused-ring (bicyclic) bond motifs is 3. The molecule has 2 aromatic carbocycles. The molecular formula is C14H14N2. The Kier molecular flexibility index (Phi) is 1.75. The lowest BCUT2D eigenvalue weighted by atomic mass is 10.0. The van der Waals surface area contributed by atoms with Crippen LogP contribution in [0.4, 0.5) is 5.69 Å². The second-order valence-electron chi connectivity index (χ2n) is 4.31. The molecule has 0 radical (unpaired) electrons. The molecule has 2 nitrogen and oxygen atoms in total.